The van der Waals surface area contributed by atoms with Gasteiger partial charge in [0.2, 0.25) is 10.0 Å². The fourth-order valence-corrected chi connectivity index (χ4v) is 4.43. The van der Waals surface area contributed by atoms with Crippen LogP contribution in [-0.4, -0.2) is 69.2 Å². The molecule has 3 rings (SSSR count). The first-order chi connectivity index (χ1) is 11.5. The number of sulfonamides is 1. The van der Waals surface area contributed by atoms with Crippen molar-refractivity contribution in [2.45, 2.75) is 4.90 Å². The summed E-state index contributed by atoms with van der Waals surface area (Å²) >= 11 is 0. The lowest BCUT2D eigenvalue weighted by Crippen LogP contribution is -2.49. The summed E-state index contributed by atoms with van der Waals surface area (Å²) in [6.45, 7) is 2.87. The number of β-amino-alcohol motifs (C(OH)–C–C–N with tert-alkyl or cyclic N) is 1. The number of fused-ring (bicyclic) bond motifs is 1. The lowest BCUT2D eigenvalue weighted by Gasteiger charge is -2.33. The van der Waals surface area contributed by atoms with E-state index in [-0.39, 0.29) is 6.61 Å². The van der Waals surface area contributed by atoms with Gasteiger partial charge in [-0.25, -0.2) is 8.42 Å². The molecule has 1 aliphatic rings. The summed E-state index contributed by atoms with van der Waals surface area (Å²) in [5, 5.41) is 10.8. The Morgan fingerprint density at radius 3 is 2.38 bits per heavy atom. The van der Waals surface area contributed by atoms with E-state index >= 15 is 0 Å². The highest BCUT2D eigenvalue weighted by Crippen LogP contribution is 2.25. The number of methoxy groups -OCH3 is 1. The zero-order valence-corrected chi connectivity index (χ0v) is 14.5. The number of nitrogens with zero attached hydrogens (tertiary/aromatic N) is 2. The van der Waals surface area contributed by atoms with Gasteiger partial charge < -0.3 is 9.84 Å². The molecule has 1 fully saturated rings. The molecule has 0 spiro atoms. The maximum Gasteiger partial charge on any atom is 0.243 e. The van der Waals surface area contributed by atoms with Crippen molar-refractivity contribution in [1.29, 1.82) is 0 Å². The Kier molecular flexibility index (Phi) is 5.05. The van der Waals surface area contributed by atoms with Crippen molar-refractivity contribution in [2.75, 3.05) is 46.4 Å². The Morgan fingerprint density at radius 1 is 1.04 bits per heavy atom. The number of hydrogen-bond acceptors (Lipinski definition) is 5. The average molecular weight is 350 g/mol. The second-order valence-corrected chi connectivity index (χ2v) is 7.78. The molecule has 7 heteroatoms. The molecule has 1 aliphatic heterocycles. The maximum atomic E-state index is 12.9. The predicted octanol–water partition coefficient (Wildman–Crippen LogP) is 1.15. The first-order valence-electron chi connectivity index (χ1n) is 7.96. The fraction of sp³-hybridized carbons (Fsp3) is 0.412. The third-order valence-corrected chi connectivity index (χ3v) is 6.30. The minimum atomic E-state index is -3.49. The fourth-order valence-electron chi connectivity index (χ4n) is 2.97. The minimum Gasteiger partial charge on any atom is -0.497 e. The Morgan fingerprint density at radius 2 is 1.71 bits per heavy atom. The lowest BCUT2D eigenvalue weighted by molar-refractivity contribution is 0.151. The van der Waals surface area contributed by atoms with Gasteiger partial charge in [0.05, 0.1) is 18.6 Å². The van der Waals surface area contributed by atoms with E-state index in [2.05, 4.69) is 4.90 Å². The van der Waals surface area contributed by atoms with Crippen molar-refractivity contribution >= 4 is 20.8 Å². The topological polar surface area (TPSA) is 70.1 Å². The van der Waals surface area contributed by atoms with Crippen LogP contribution in [-0.2, 0) is 10.0 Å². The van der Waals surface area contributed by atoms with Crippen LogP contribution in [0.1, 0.15) is 0 Å². The van der Waals surface area contributed by atoms with Crippen LogP contribution in [0.25, 0.3) is 10.8 Å². The molecule has 0 radical (unpaired) electrons. The van der Waals surface area contributed by atoms with Gasteiger partial charge >= 0.3 is 0 Å². The molecule has 24 heavy (non-hydrogen) atoms. The number of piperazine rings is 1. The summed E-state index contributed by atoms with van der Waals surface area (Å²) in [6, 6.07) is 10.8. The lowest BCUT2D eigenvalue weighted by atomic mass is 10.1. The molecular formula is C17H22N2O4S. The molecule has 1 saturated heterocycles. The zero-order chi connectivity index (χ0) is 17.2. The van der Waals surface area contributed by atoms with Crippen molar-refractivity contribution in [3.05, 3.63) is 36.4 Å². The molecule has 0 saturated carbocycles. The SMILES string of the molecule is COc1ccc2cc(S(=O)(=O)N3CCN(CCO)CC3)ccc2c1. The molecule has 6 nitrogen and oxygen atoms in total. The van der Waals surface area contributed by atoms with E-state index in [9.17, 15) is 8.42 Å². The third kappa shape index (κ3) is 3.39. The molecule has 1 N–H and O–H groups in total. The minimum absolute atomic E-state index is 0.0981. The normalized spacial score (nSPS) is 17.2. The van der Waals surface area contributed by atoms with E-state index < -0.39 is 10.0 Å². The number of aliphatic hydroxyl groups is 1. The van der Waals surface area contributed by atoms with Crippen molar-refractivity contribution in [3.63, 3.8) is 0 Å². The highest BCUT2D eigenvalue weighted by atomic mass is 32.2. The maximum absolute atomic E-state index is 12.9. The van der Waals surface area contributed by atoms with E-state index in [0.717, 1.165) is 16.5 Å². The van der Waals surface area contributed by atoms with Gasteiger partial charge in [-0.15, -0.1) is 0 Å². The van der Waals surface area contributed by atoms with E-state index in [1.54, 1.807) is 19.2 Å². The van der Waals surface area contributed by atoms with E-state index in [0.29, 0.717) is 37.6 Å². The molecule has 0 bridgehead atoms. The van der Waals surface area contributed by atoms with Crippen LogP contribution in [0.15, 0.2) is 41.3 Å². The number of rotatable bonds is 5. The summed E-state index contributed by atoms with van der Waals surface area (Å²) in [4.78, 5) is 2.38. The highest BCUT2D eigenvalue weighted by Gasteiger charge is 2.28. The Balaban J connectivity index is 1.83. The van der Waals surface area contributed by atoms with Gasteiger partial charge in [0.1, 0.15) is 5.75 Å². The monoisotopic (exact) mass is 350 g/mol. The van der Waals surface area contributed by atoms with Gasteiger partial charge in [0, 0.05) is 32.7 Å². The summed E-state index contributed by atoms with van der Waals surface area (Å²) in [7, 11) is -1.89. The molecule has 0 aliphatic carbocycles. The second kappa shape index (κ2) is 7.06. The Hall–Kier alpha value is -1.67. The molecule has 0 atom stereocenters. The van der Waals surface area contributed by atoms with E-state index in [1.165, 1.54) is 4.31 Å². The Bertz CT molecular complexity index is 814. The van der Waals surface area contributed by atoms with Crippen LogP contribution in [0.3, 0.4) is 0 Å². The van der Waals surface area contributed by atoms with Crippen LogP contribution in [0.2, 0.25) is 0 Å². The number of benzene rings is 2. The standard InChI is InChI=1S/C17H22N2O4S/c1-23-16-4-2-15-13-17(5-3-14(15)12-16)24(21,22)19-8-6-18(7-9-19)10-11-20/h2-5,12-13,20H,6-11H2,1H3. The predicted molar refractivity (Wildman–Crippen MR) is 92.8 cm³/mol. The molecule has 2 aromatic rings. The summed E-state index contributed by atoms with van der Waals surface area (Å²) in [6.07, 6.45) is 0. The summed E-state index contributed by atoms with van der Waals surface area (Å²) < 4.78 is 32.4. The molecule has 2 aromatic carbocycles. The molecule has 130 valence electrons. The van der Waals surface area contributed by atoms with Crippen LogP contribution in [0.4, 0.5) is 0 Å². The van der Waals surface area contributed by atoms with Crippen LogP contribution >= 0.6 is 0 Å². The van der Waals surface area contributed by atoms with Crippen LogP contribution < -0.4 is 4.74 Å². The molecular weight excluding hydrogens is 328 g/mol. The molecule has 0 amide bonds. The van der Waals surface area contributed by atoms with Gasteiger partial charge in [-0.2, -0.15) is 4.31 Å². The second-order valence-electron chi connectivity index (χ2n) is 5.84. The van der Waals surface area contributed by atoms with Crippen molar-refractivity contribution < 1.29 is 18.3 Å². The zero-order valence-electron chi connectivity index (χ0n) is 13.7. The van der Waals surface area contributed by atoms with Crippen LogP contribution in [0.5, 0.6) is 5.75 Å². The third-order valence-electron chi connectivity index (χ3n) is 4.40. The van der Waals surface area contributed by atoms with E-state index in [1.807, 2.05) is 24.3 Å². The van der Waals surface area contributed by atoms with Crippen molar-refractivity contribution in [2.24, 2.45) is 0 Å². The highest BCUT2D eigenvalue weighted by molar-refractivity contribution is 7.89. The quantitative estimate of drug-likeness (QED) is 0.876. The summed E-state index contributed by atoms with van der Waals surface area (Å²) in [5.41, 5.74) is 0. The Labute approximate surface area is 142 Å². The van der Waals surface area contributed by atoms with Gasteiger partial charge in [-0.05, 0) is 35.0 Å². The first-order valence-corrected chi connectivity index (χ1v) is 9.40. The van der Waals surface area contributed by atoms with Gasteiger partial charge in [-0.1, -0.05) is 12.1 Å². The van der Waals surface area contributed by atoms with Crippen molar-refractivity contribution in [3.8, 4) is 5.75 Å². The molecule has 0 aromatic heterocycles. The van der Waals surface area contributed by atoms with Gasteiger partial charge in [0.25, 0.3) is 0 Å². The van der Waals surface area contributed by atoms with Gasteiger partial charge in [0.15, 0.2) is 0 Å². The first kappa shape index (κ1) is 17.2. The number of hydrogen-bond donors (Lipinski definition) is 1. The van der Waals surface area contributed by atoms with Crippen molar-refractivity contribution in [1.82, 2.24) is 9.21 Å². The summed E-state index contributed by atoms with van der Waals surface area (Å²) in [5.74, 6) is 0.748. The van der Waals surface area contributed by atoms with E-state index in [4.69, 9.17) is 9.84 Å². The van der Waals surface area contributed by atoms with Crippen LogP contribution in [0, 0.1) is 0 Å². The largest absolute Gasteiger partial charge is 0.497 e. The number of aliphatic hydroxyl groups excluding tert-OH is 1. The molecule has 0 unspecified atom stereocenters. The number of ether oxygens (including phenoxy) is 1. The smallest absolute Gasteiger partial charge is 0.243 e. The average Bonchev–Trinajstić information content (AvgIpc) is 2.61. The molecule has 1 heterocycles. The van der Waals surface area contributed by atoms with Gasteiger partial charge in [-0.3, -0.25) is 4.90 Å².